The van der Waals surface area contributed by atoms with Crippen LogP contribution in [-0.4, -0.2) is 16.0 Å². The second-order valence-electron chi connectivity index (χ2n) is 5.39. The third-order valence-electron chi connectivity index (χ3n) is 3.27. The number of hydrogen-bond donors (Lipinski definition) is 2. The zero-order valence-electron chi connectivity index (χ0n) is 10.0. The SMILES string of the molecule is CC1(C)CCCC(Nc2nccnc2N)C1. The van der Waals surface area contributed by atoms with E-state index in [1.165, 1.54) is 25.7 Å². The molecule has 1 aliphatic rings. The van der Waals surface area contributed by atoms with Crippen LogP contribution in [0.5, 0.6) is 0 Å². The highest BCUT2D eigenvalue weighted by Gasteiger charge is 2.28. The molecule has 1 unspecified atom stereocenters. The molecule has 0 spiro atoms. The first kappa shape index (κ1) is 11.2. The predicted molar refractivity (Wildman–Crippen MR) is 66.1 cm³/mol. The van der Waals surface area contributed by atoms with Gasteiger partial charge in [0.05, 0.1) is 0 Å². The maximum Gasteiger partial charge on any atom is 0.169 e. The van der Waals surface area contributed by atoms with Gasteiger partial charge in [0, 0.05) is 18.4 Å². The summed E-state index contributed by atoms with van der Waals surface area (Å²) in [5.74, 6) is 1.22. The molecular weight excluding hydrogens is 200 g/mol. The maximum atomic E-state index is 5.77. The molecule has 0 radical (unpaired) electrons. The van der Waals surface area contributed by atoms with Crippen molar-refractivity contribution in [3.05, 3.63) is 12.4 Å². The summed E-state index contributed by atoms with van der Waals surface area (Å²) < 4.78 is 0. The third kappa shape index (κ3) is 2.62. The van der Waals surface area contributed by atoms with Crippen molar-refractivity contribution in [2.75, 3.05) is 11.1 Å². The van der Waals surface area contributed by atoms with Gasteiger partial charge in [-0.05, 0) is 24.7 Å². The van der Waals surface area contributed by atoms with E-state index in [2.05, 4.69) is 29.1 Å². The van der Waals surface area contributed by atoms with Crippen LogP contribution in [0.3, 0.4) is 0 Å². The number of nitrogens with two attached hydrogens (primary N) is 1. The molecule has 1 fully saturated rings. The molecule has 1 aromatic rings. The Balaban J connectivity index is 2.02. The molecule has 2 rings (SSSR count). The van der Waals surface area contributed by atoms with E-state index in [4.69, 9.17) is 5.73 Å². The summed E-state index contributed by atoms with van der Waals surface area (Å²) in [5, 5.41) is 3.41. The lowest BCUT2D eigenvalue weighted by Crippen LogP contribution is -2.32. The second-order valence-corrected chi connectivity index (χ2v) is 5.39. The third-order valence-corrected chi connectivity index (χ3v) is 3.27. The van der Waals surface area contributed by atoms with Crippen LogP contribution >= 0.6 is 0 Å². The molecule has 0 saturated heterocycles. The molecule has 4 nitrogen and oxygen atoms in total. The number of rotatable bonds is 2. The normalized spacial score (nSPS) is 24.0. The standard InChI is InChI=1S/C12H20N4/c1-12(2)5-3-4-9(8-12)16-11-10(13)14-6-7-15-11/h6-7,9H,3-5,8H2,1-2H3,(H2,13,14)(H,15,16). The number of anilines is 2. The van der Waals surface area contributed by atoms with E-state index in [0.29, 0.717) is 17.3 Å². The molecule has 0 amide bonds. The number of hydrogen-bond acceptors (Lipinski definition) is 4. The van der Waals surface area contributed by atoms with Gasteiger partial charge in [-0.1, -0.05) is 20.3 Å². The summed E-state index contributed by atoms with van der Waals surface area (Å²) >= 11 is 0. The lowest BCUT2D eigenvalue weighted by molar-refractivity contribution is 0.229. The number of nitrogens with one attached hydrogen (secondary N) is 1. The van der Waals surface area contributed by atoms with E-state index in [0.717, 1.165) is 5.82 Å². The van der Waals surface area contributed by atoms with Crippen LogP contribution in [0.1, 0.15) is 39.5 Å². The monoisotopic (exact) mass is 220 g/mol. The highest BCUT2D eigenvalue weighted by atomic mass is 15.1. The minimum absolute atomic E-state index is 0.423. The van der Waals surface area contributed by atoms with E-state index in [1.54, 1.807) is 12.4 Å². The topological polar surface area (TPSA) is 63.8 Å². The highest BCUT2D eigenvalue weighted by molar-refractivity contribution is 5.55. The Morgan fingerprint density at radius 2 is 2.12 bits per heavy atom. The zero-order chi connectivity index (χ0) is 11.6. The molecular formula is C12H20N4. The van der Waals surface area contributed by atoms with Gasteiger partial charge in [0.2, 0.25) is 0 Å². The van der Waals surface area contributed by atoms with E-state index in [-0.39, 0.29) is 0 Å². The van der Waals surface area contributed by atoms with Crippen molar-refractivity contribution in [1.82, 2.24) is 9.97 Å². The van der Waals surface area contributed by atoms with E-state index in [1.807, 2.05) is 0 Å². The minimum atomic E-state index is 0.423. The summed E-state index contributed by atoms with van der Waals surface area (Å²) in [4.78, 5) is 8.26. The van der Waals surface area contributed by atoms with E-state index >= 15 is 0 Å². The average molecular weight is 220 g/mol. The molecule has 1 heterocycles. The van der Waals surface area contributed by atoms with Gasteiger partial charge in [-0.25, -0.2) is 9.97 Å². The van der Waals surface area contributed by atoms with E-state index in [9.17, 15) is 0 Å². The van der Waals surface area contributed by atoms with Crippen molar-refractivity contribution in [2.24, 2.45) is 5.41 Å². The van der Waals surface area contributed by atoms with Crippen molar-refractivity contribution >= 4 is 11.6 Å². The Labute approximate surface area is 96.7 Å². The fourth-order valence-electron chi connectivity index (χ4n) is 2.47. The quantitative estimate of drug-likeness (QED) is 0.803. The molecule has 16 heavy (non-hydrogen) atoms. The van der Waals surface area contributed by atoms with Crippen molar-refractivity contribution in [1.29, 1.82) is 0 Å². The van der Waals surface area contributed by atoms with Gasteiger partial charge in [0.25, 0.3) is 0 Å². The Kier molecular flexibility index (Phi) is 2.99. The average Bonchev–Trinajstić information content (AvgIpc) is 2.20. The molecule has 1 saturated carbocycles. The number of nitrogen functional groups attached to an aromatic ring is 1. The van der Waals surface area contributed by atoms with Crippen LogP contribution in [0.2, 0.25) is 0 Å². The molecule has 1 aromatic heterocycles. The van der Waals surface area contributed by atoms with Crippen LogP contribution in [0.4, 0.5) is 11.6 Å². The van der Waals surface area contributed by atoms with Crippen molar-refractivity contribution in [3.8, 4) is 0 Å². The van der Waals surface area contributed by atoms with Gasteiger partial charge in [0.15, 0.2) is 11.6 Å². The molecule has 1 atom stereocenters. The lowest BCUT2D eigenvalue weighted by Gasteiger charge is -2.35. The summed E-state index contributed by atoms with van der Waals surface area (Å²) in [7, 11) is 0. The molecule has 4 heteroatoms. The molecule has 0 aromatic carbocycles. The first-order chi connectivity index (χ1) is 7.57. The minimum Gasteiger partial charge on any atom is -0.381 e. The summed E-state index contributed by atoms with van der Waals surface area (Å²) in [6, 6.07) is 0.475. The number of nitrogens with zero attached hydrogens (tertiary/aromatic N) is 2. The van der Waals surface area contributed by atoms with Crippen LogP contribution in [0.15, 0.2) is 12.4 Å². The summed E-state index contributed by atoms with van der Waals surface area (Å²) in [6.45, 7) is 4.64. The Morgan fingerprint density at radius 3 is 2.81 bits per heavy atom. The first-order valence-corrected chi connectivity index (χ1v) is 5.90. The van der Waals surface area contributed by atoms with Gasteiger partial charge >= 0.3 is 0 Å². The molecule has 0 aliphatic heterocycles. The van der Waals surface area contributed by atoms with Crippen LogP contribution in [0, 0.1) is 5.41 Å². The van der Waals surface area contributed by atoms with Gasteiger partial charge in [-0.15, -0.1) is 0 Å². The molecule has 88 valence electrons. The maximum absolute atomic E-state index is 5.77. The van der Waals surface area contributed by atoms with Gasteiger partial charge < -0.3 is 11.1 Å². The predicted octanol–water partition coefficient (Wildman–Crippen LogP) is 2.44. The largest absolute Gasteiger partial charge is 0.381 e. The summed E-state index contributed by atoms with van der Waals surface area (Å²) in [6.07, 6.45) is 8.23. The second kappa shape index (κ2) is 4.28. The van der Waals surface area contributed by atoms with Gasteiger partial charge in [-0.2, -0.15) is 0 Å². The smallest absolute Gasteiger partial charge is 0.169 e. The Bertz CT molecular complexity index is 362. The van der Waals surface area contributed by atoms with Gasteiger partial charge in [-0.3, -0.25) is 0 Å². The van der Waals surface area contributed by atoms with E-state index < -0.39 is 0 Å². The zero-order valence-corrected chi connectivity index (χ0v) is 10.0. The highest BCUT2D eigenvalue weighted by Crippen LogP contribution is 2.36. The fourth-order valence-corrected chi connectivity index (χ4v) is 2.47. The van der Waals surface area contributed by atoms with Crippen LogP contribution < -0.4 is 11.1 Å². The Morgan fingerprint density at radius 1 is 1.38 bits per heavy atom. The molecule has 0 bridgehead atoms. The first-order valence-electron chi connectivity index (χ1n) is 5.90. The van der Waals surface area contributed by atoms with Gasteiger partial charge in [0.1, 0.15) is 0 Å². The fraction of sp³-hybridized carbons (Fsp3) is 0.667. The molecule has 1 aliphatic carbocycles. The van der Waals surface area contributed by atoms with Crippen LogP contribution in [0.25, 0.3) is 0 Å². The lowest BCUT2D eigenvalue weighted by atomic mass is 9.75. The Hall–Kier alpha value is -1.32. The van der Waals surface area contributed by atoms with Crippen molar-refractivity contribution < 1.29 is 0 Å². The summed E-state index contributed by atoms with van der Waals surface area (Å²) in [5.41, 5.74) is 6.19. The number of aromatic nitrogens is 2. The van der Waals surface area contributed by atoms with Crippen molar-refractivity contribution in [3.63, 3.8) is 0 Å². The molecule has 3 N–H and O–H groups in total. The van der Waals surface area contributed by atoms with Crippen molar-refractivity contribution in [2.45, 2.75) is 45.6 Å². The van der Waals surface area contributed by atoms with Crippen LogP contribution in [-0.2, 0) is 0 Å².